The van der Waals surface area contributed by atoms with Gasteiger partial charge in [0.05, 0.1) is 23.4 Å². The summed E-state index contributed by atoms with van der Waals surface area (Å²) < 4.78 is 40.1. The summed E-state index contributed by atoms with van der Waals surface area (Å²) in [6.45, 7) is 4.22. The van der Waals surface area contributed by atoms with Gasteiger partial charge in [0, 0.05) is 17.0 Å². The van der Waals surface area contributed by atoms with Crippen LogP contribution in [0.5, 0.6) is 0 Å². The summed E-state index contributed by atoms with van der Waals surface area (Å²) in [5, 5.41) is 11.0. The van der Waals surface area contributed by atoms with Crippen LogP contribution in [-0.2, 0) is 23.1 Å². The number of amides is 1. The largest absolute Gasteiger partial charge is 0.399 e. The highest BCUT2D eigenvalue weighted by Crippen LogP contribution is 2.40. The molecule has 4 rings (SSSR count). The molecule has 2 heterocycles. The molecule has 1 aromatic carbocycles. The number of rotatable bonds is 4. The molecule has 0 saturated heterocycles. The molecule has 1 amide bonds. The van der Waals surface area contributed by atoms with Crippen LogP contribution in [0.15, 0.2) is 36.5 Å². The number of aryl methyl sites for hydroxylation is 1. The molecule has 164 valence electrons. The Bertz CT molecular complexity index is 1120. The van der Waals surface area contributed by atoms with Crippen LogP contribution >= 0.6 is 0 Å². The maximum Gasteiger partial charge on any atom is 0.399 e. The highest BCUT2D eigenvalue weighted by molar-refractivity contribution is 5.81. The van der Waals surface area contributed by atoms with Crippen molar-refractivity contribution >= 4 is 16.8 Å². The number of halogens is 3. The van der Waals surface area contributed by atoms with Crippen LogP contribution in [0.25, 0.3) is 10.9 Å². The number of nitrogens with zero attached hydrogens (tertiary/aromatic N) is 2. The van der Waals surface area contributed by atoms with E-state index < -0.39 is 11.6 Å². The number of H-pyrrole nitrogens is 1. The third kappa shape index (κ3) is 4.03. The molecule has 1 aliphatic carbocycles. The summed E-state index contributed by atoms with van der Waals surface area (Å²) in [5.41, 5.74) is 1.44. The highest BCUT2D eigenvalue weighted by Gasteiger charge is 2.49. The van der Waals surface area contributed by atoms with Crippen molar-refractivity contribution in [2.75, 3.05) is 0 Å². The van der Waals surface area contributed by atoms with Gasteiger partial charge in [-0.15, -0.1) is 0 Å². The molecule has 2 aromatic heterocycles. The Kier molecular flexibility index (Phi) is 5.27. The lowest BCUT2D eigenvalue weighted by Gasteiger charge is -2.30. The Hall–Kier alpha value is -2.90. The van der Waals surface area contributed by atoms with E-state index in [0.29, 0.717) is 25.0 Å². The normalized spacial score (nSPS) is 17.9. The topological polar surface area (TPSA) is 70.7 Å². The second kappa shape index (κ2) is 7.66. The van der Waals surface area contributed by atoms with Gasteiger partial charge in [0.15, 0.2) is 0 Å². The van der Waals surface area contributed by atoms with Crippen LogP contribution in [0.3, 0.4) is 0 Å². The number of hydrogen-bond acceptors (Lipinski definition) is 3. The van der Waals surface area contributed by atoms with Crippen molar-refractivity contribution in [1.29, 1.82) is 0 Å². The van der Waals surface area contributed by atoms with E-state index in [1.165, 1.54) is 6.07 Å². The molecule has 1 aliphatic rings. The van der Waals surface area contributed by atoms with Crippen molar-refractivity contribution < 1.29 is 18.0 Å². The third-order valence-corrected chi connectivity index (χ3v) is 6.31. The lowest BCUT2D eigenvalue weighted by molar-refractivity contribution is -0.181. The second-order valence-electron chi connectivity index (χ2n) is 8.81. The minimum Gasteiger partial charge on any atom is -0.349 e. The van der Waals surface area contributed by atoms with Crippen LogP contribution in [0.2, 0.25) is 0 Å². The van der Waals surface area contributed by atoms with Gasteiger partial charge in [-0.2, -0.15) is 18.3 Å². The van der Waals surface area contributed by atoms with E-state index >= 15 is 0 Å². The number of pyridine rings is 1. The Morgan fingerprint density at radius 3 is 2.74 bits per heavy atom. The zero-order chi connectivity index (χ0) is 22.4. The Labute approximate surface area is 178 Å². The highest BCUT2D eigenvalue weighted by atomic mass is 19.4. The average Bonchev–Trinajstić information content (AvgIpc) is 3.19. The van der Waals surface area contributed by atoms with E-state index in [-0.39, 0.29) is 23.6 Å². The first-order chi connectivity index (χ1) is 14.6. The molecule has 5 nitrogen and oxygen atoms in total. The first-order valence-electron chi connectivity index (χ1n) is 10.4. The van der Waals surface area contributed by atoms with E-state index in [1.54, 1.807) is 12.3 Å². The molecular weight excluding hydrogens is 405 g/mol. The molecule has 0 saturated carbocycles. The van der Waals surface area contributed by atoms with Crippen LogP contribution in [0.1, 0.15) is 55.7 Å². The van der Waals surface area contributed by atoms with Crippen LogP contribution in [0.4, 0.5) is 13.2 Å². The zero-order valence-electron chi connectivity index (χ0n) is 17.7. The summed E-state index contributed by atoms with van der Waals surface area (Å²) >= 11 is 0. The van der Waals surface area contributed by atoms with Gasteiger partial charge in [-0.1, -0.05) is 12.1 Å². The molecule has 2 N–H and O–H groups in total. The molecular formula is C23H25F3N4O. The maximum atomic E-state index is 13.4. The minimum absolute atomic E-state index is 0.0184. The molecule has 3 aromatic rings. The fraction of sp³-hybridized carbons (Fsp3) is 0.435. The number of benzene rings is 1. The molecule has 31 heavy (non-hydrogen) atoms. The number of hydrogen-bond donors (Lipinski definition) is 2. The van der Waals surface area contributed by atoms with E-state index in [0.717, 1.165) is 35.9 Å². The van der Waals surface area contributed by atoms with Crippen LogP contribution < -0.4 is 5.32 Å². The molecule has 0 fully saturated rings. The summed E-state index contributed by atoms with van der Waals surface area (Å²) in [5.74, 6) is -0.277. The summed E-state index contributed by atoms with van der Waals surface area (Å²) in [4.78, 5) is 17.2. The average molecular weight is 430 g/mol. The summed E-state index contributed by atoms with van der Waals surface area (Å²) in [6.07, 6.45) is -1.10. The van der Waals surface area contributed by atoms with Gasteiger partial charge in [0.1, 0.15) is 5.41 Å². The van der Waals surface area contributed by atoms with Crippen molar-refractivity contribution in [2.45, 2.75) is 57.7 Å². The van der Waals surface area contributed by atoms with Gasteiger partial charge >= 0.3 is 6.18 Å². The summed E-state index contributed by atoms with van der Waals surface area (Å²) in [7, 11) is 0. The number of fused-ring (bicyclic) bond motifs is 2. The predicted molar refractivity (Wildman–Crippen MR) is 111 cm³/mol. The van der Waals surface area contributed by atoms with Crippen molar-refractivity contribution in [3.8, 4) is 0 Å². The SMILES string of the molecule is CC(NC(=O)C1CCc2nc(C(C)(C)C(F)(F)F)ccc2C1)c1ccc2[nH]ncc2c1. The monoisotopic (exact) mass is 430 g/mol. The zero-order valence-corrected chi connectivity index (χ0v) is 17.7. The van der Waals surface area contributed by atoms with Crippen molar-refractivity contribution in [1.82, 2.24) is 20.5 Å². The van der Waals surface area contributed by atoms with Crippen molar-refractivity contribution in [3.63, 3.8) is 0 Å². The third-order valence-electron chi connectivity index (χ3n) is 6.31. The van der Waals surface area contributed by atoms with Crippen LogP contribution in [-0.4, -0.2) is 27.3 Å². The number of alkyl halides is 3. The Balaban J connectivity index is 1.45. The van der Waals surface area contributed by atoms with Gasteiger partial charge in [-0.3, -0.25) is 14.9 Å². The number of nitrogens with one attached hydrogen (secondary N) is 2. The molecule has 0 radical (unpaired) electrons. The quantitative estimate of drug-likeness (QED) is 0.626. The second-order valence-corrected chi connectivity index (χ2v) is 8.81. The molecule has 0 spiro atoms. The van der Waals surface area contributed by atoms with Gasteiger partial charge in [-0.05, 0) is 69.4 Å². The van der Waals surface area contributed by atoms with Crippen molar-refractivity contribution in [2.24, 2.45) is 5.92 Å². The van der Waals surface area contributed by atoms with E-state index in [9.17, 15) is 18.0 Å². The lowest BCUT2D eigenvalue weighted by atomic mass is 9.83. The molecule has 2 atom stereocenters. The predicted octanol–water partition coefficient (Wildman–Crippen LogP) is 4.78. The number of carbonyl (C=O) groups is 1. The van der Waals surface area contributed by atoms with Crippen molar-refractivity contribution in [3.05, 3.63) is 59.0 Å². The molecule has 0 aliphatic heterocycles. The number of carbonyl (C=O) groups excluding carboxylic acids is 1. The van der Waals surface area contributed by atoms with Gasteiger partial charge in [-0.25, -0.2) is 0 Å². The molecule has 8 heteroatoms. The maximum absolute atomic E-state index is 13.4. The summed E-state index contributed by atoms with van der Waals surface area (Å²) in [6, 6.07) is 8.85. The number of aromatic nitrogens is 3. The minimum atomic E-state index is -4.37. The van der Waals surface area contributed by atoms with Gasteiger partial charge in [0.25, 0.3) is 0 Å². The fourth-order valence-corrected chi connectivity index (χ4v) is 3.97. The standard InChI is InChI=1S/C23H25F3N4O/c1-13(14-4-8-19-17(10-14)12-27-30-19)28-21(31)16-5-7-18-15(11-16)6-9-20(29-18)22(2,3)23(24,25)26/h4,6,8-10,12-13,16H,5,7,11H2,1-3H3,(H,27,30)(H,28,31). The molecule has 0 bridgehead atoms. The fourth-order valence-electron chi connectivity index (χ4n) is 3.97. The smallest absolute Gasteiger partial charge is 0.349 e. The first kappa shape index (κ1) is 21.3. The lowest BCUT2D eigenvalue weighted by Crippen LogP contribution is -2.38. The van der Waals surface area contributed by atoms with Crippen LogP contribution in [0, 0.1) is 5.92 Å². The molecule has 2 unspecified atom stereocenters. The van der Waals surface area contributed by atoms with Gasteiger partial charge < -0.3 is 5.32 Å². The number of aromatic amines is 1. The first-order valence-corrected chi connectivity index (χ1v) is 10.4. The Morgan fingerprint density at radius 2 is 2.00 bits per heavy atom. The van der Waals surface area contributed by atoms with Gasteiger partial charge in [0.2, 0.25) is 5.91 Å². The van der Waals surface area contributed by atoms with E-state index in [2.05, 4.69) is 20.5 Å². The van der Waals surface area contributed by atoms with E-state index in [4.69, 9.17) is 0 Å². The van der Waals surface area contributed by atoms with E-state index in [1.807, 2.05) is 25.1 Å². The Morgan fingerprint density at radius 1 is 1.23 bits per heavy atom.